The van der Waals surface area contributed by atoms with Gasteiger partial charge in [0, 0.05) is 6.07 Å². The Bertz CT molecular complexity index is 509. The number of halogens is 1. The first-order valence-corrected chi connectivity index (χ1v) is 4.01. The molecule has 0 saturated carbocycles. The number of aromatic nitrogens is 3. The zero-order chi connectivity index (χ0) is 9.42. The van der Waals surface area contributed by atoms with E-state index in [4.69, 9.17) is 16.9 Å². The maximum atomic E-state index is 8.74. The molecule has 0 radical (unpaired) electrons. The van der Waals surface area contributed by atoms with Gasteiger partial charge in [0.15, 0.2) is 5.69 Å². The van der Waals surface area contributed by atoms with Crippen LogP contribution < -0.4 is 0 Å². The first-order valence-electron chi connectivity index (χ1n) is 3.63. The van der Waals surface area contributed by atoms with Gasteiger partial charge < -0.3 is 4.98 Å². The highest BCUT2D eigenvalue weighted by molar-refractivity contribution is 6.30. The van der Waals surface area contributed by atoms with Gasteiger partial charge in [0.25, 0.3) is 0 Å². The van der Waals surface area contributed by atoms with Gasteiger partial charge in [-0.25, -0.2) is 9.97 Å². The van der Waals surface area contributed by atoms with E-state index >= 15 is 0 Å². The highest BCUT2D eigenvalue weighted by Gasteiger charge is 2.07. The molecule has 0 unspecified atom stereocenters. The highest BCUT2D eigenvalue weighted by atomic mass is 35.5. The molecule has 0 saturated heterocycles. The Hall–Kier alpha value is -1.60. The van der Waals surface area contributed by atoms with Gasteiger partial charge in [-0.05, 0) is 6.92 Å². The van der Waals surface area contributed by atoms with Crippen LogP contribution in [0.3, 0.4) is 0 Å². The second kappa shape index (κ2) is 2.71. The van der Waals surface area contributed by atoms with E-state index in [1.807, 2.05) is 13.0 Å². The lowest BCUT2D eigenvalue weighted by atomic mass is 10.3. The lowest BCUT2D eigenvalue weighted by molar-refractivity contribution is 1.17. The number of nitrogens with zero attached hydrogens (tertiary/aromatic N) is 3. The molecule has 0 atom stereocenters. The Morgan fingerprint density at radius 2 is 2.31 bits per heavy atom. The van der Waals surface area contributed by atoms with Crippen LogP contribution in [0.15, 0.2) is 6.07 Å². The molecule has 64 valence electrons. The van der Waals surface area contributed by atoms with Crippen LogP contribution >= 0.6 is 11.6 Å². The van der Waals surface area contributed by atoms with E-state index in [0.29, 0.717) is 10.7 Å². The Morgan fingerprint density at radius 1 is 1.54 bits per heavy atom. The van der Waals surface area contributed by atoms with Gasteiger partial charge in [0.1, 0.15) is 22.6 Å². The Kier molecular flexibility index (Phi) is 1.67. The zero-order valence-corrected chi connectivity index (χ0v) is 7.55. The third-order valence-electron chi connectivity index (χ3n) is 1.66. The number of H-pyrrole nitrogens is 1. The Balaban J connectivity index is 2.90. The van der Waals surface area contributed by atoms with E-state index in [1.165, 1.54) is 0 Å². The summed E-state index contributed by atoms with van der Waals surface area (Å²) in [5.41, 5.74) is 1.57. The fraction of sp³-hybridized carbons (Fsp3) is 0.125. The Labute approximate surface area is 79.2 Å². The third-order valence-corrected chi connectivity index (χ3v) is 1.86. The highest BCUT2D eigenvalue weighted by Crippen LogP contribution is 2.17. The minimum atomic E-state index is 0.256. The van der Waals surface area contributed by atoms with Crippen molar-refractivity contribution in [2.24, 2.45) is 0 Å². The maximum absolute atomic E-state index is 8.74. The molecule has 0 aliphatic heterocycles. The van der Waals surface area contributed by atoms with Crippen LogP contribution in [0, 0.1) is 18.3 Å². The van der Waals surface area contributed by atoms with E-state index in [0.717, 1.165) is 11.3 Å². The van der Waals surface area contributed by atoms with Crippen LogP contribution in [0.4, 0.5) is 0 Å². The third kappa shape index (κ3) is 1.23. The summed E-state index contributed by atoms with van der Waals surface area (Å²) in [7, 11) is 0. The molecule has 2 rings (SSSR count). The van der Waals surface area contributed by atoms with Crippen molar-refractivity contribution in [3.05, 3.63) is 22.7 Å². The first-order chi connectivity index (χ1) is 6.20. The smallest absolute Gasteiger partial charge is 0.170 e. The largest absolute Gasteiger partial charge is 0.342 e. The van der Waals surface area contributed by atoms with Crippen molar-refractivity contribution in [2.45, 2.75) is 6.92 Å². The van der Waals surface area contributed by atoms with Crippen LogP contribution in [0.5, 0.6) is 0 Å². The number of pyridine rings is 1. The predicted octanol–water partition coefficient (Wildman–Crippen LogP) is 1.79. The SMILES string of the molecule is Cc1nc2c(C#N)nc(Cl)cc2[nH]1. The van der Waals surface area contributed by atoms with Crippen molar-refractivity contribution in [3.63, 3.8) is 0 Å². The number of aryl methyl sites for hydroxylation is 1. The number of nitriles is 1. The normalized spacial score (nSPS) is 10.2. The van der Waals surface area contributed by atoms with Gasteiger partial charge in [-0.3, -0.25) is 0 Å². The monoisotopic (exact) mass is 192 g/mol. The van der Waals surface area contributed by atoms with Gasteiger partial charge in [0.2, 0.25) is 0 Å². The summed E-state index contributed by atoms with van der Waals surface area (Å²) in [5.74, 6) is 0.746. The summed E-state index contributed by atoms with van der Waals surface area (Å²) in [6.45, 7) is 1.81. The molecule has 2 aromatic heterocycles. The molecule has 13 heavy (non-hydrogen) atoms. The number of aromatic amines is 1. The summed E-state index contributed by atoms with van der Waals surface area (Å²) >= 11 is 5.70. The van der Waals surface area contributed by atoms with Crippen LogP contribution in [0.2, 0.25) is 5.15 Å². The number of fused-ring (bicyclic) bond motifs is 1. The molecule has 0 aliphatic carbocycles. The number of hydrogen-bond acceptors (Lipinski definition) is 3. The van der Waals surface area contributed by atoms with Crippen LogP contribution in [0.1, 0.15) is 11.5 Å². The molecule has 0 fully saturated rings. The summed E-state index contributed by atoms with van der Waals surface area (Å²) in [6.07, 6.45) is 0. The van der Waals surface area contributed by atoms with Gasteiger partial charge >= 0.3 is 0 Å². The molecule has 0 bridgehead atoms. The molecule has 0 amide bonds. The molecule has 5 heteroatoms. The molecule has 1 N–H and O–H groups in total. The van der Waals surface area contributed by atoms with E-state index in [1.54, 1.807) is 6.07 Å². The van der Waals surface area contributed by atoms with Crippen LogP contribution in [-0.2, 0) is 0 Å². The van der Waals surface area contributed by atoms with Gasteiger partial charge in [-0.1, -0.05) is 11.6 Å². The molecule has 0 aromatic carbocycles. The number of rotatable bonds is 0. The maximum Gasteiger partial charge on any atom is 0.170 e. The standard InChI is InChI=1S/C8H5ClN4/c1-4-11-5-2-7(9)13-6(3-10)8(5)12-4/h2H,1H3,(H,11,12). The molecule has 2 aromatic rings. The molecular weight excluding hydrogens is 188 g/mol. The van der Waals surface area contributed by atoms with E-state index in [9.17, 15) is 0 Å². The van der Waals surface area contributed by atoms with Crippen molar-refractivity contribution >= 4 is 22.6 Å². The fourth-order valence-electron chi connectivity index (χ4n) is 1.18. The summed E-state index contributed by atoms with van der Waals surface area (Å²) in [4.78, 5) is 11.0. The number of imidazole rings is 1. The van der Waals surface area contributed by atoms with E-state index in [-0.39, 0.29) is 5.69 Å². The van der Waals surface area contributed by atoms with Crippen molar-refractivity contribution in [1.29, 1.82) is 5.26 Å². The molecule has 4 nitrogen and oxygen atoms in total. The lowest BCUT2D eigenvalue weighted by Crippen LogP contribution is -1.85. The van der Waals surface area contributed by atoms with Crippen molar-refractivity contribution < 1.29 is 0 Å². The van der Waals surface area contributed by atoms with Gasteiger partial charge in [0.05, 0.1) is 5.52 Å². The molecule has 0 aliphatic rings. The van der Waals surface area contributed by atoms with Crippen molar-refractivity contribution in [1.82, 2.24) is 15.0 Å². The van der Waals surface area contributed by atoms with Crippen LogP contribution in [-0.4, -0.2) is 15.0 Å². The summed E-state index contributed by atoms with van der Waals surface area (Å²) in [6, 6.07) is 3.60. The second-order valence-corrected chi connectivity index (χ2v) is 3.01. The number of hydrogen-bond donors (Lipinski definition) is 1. The molecule has 2 heterocycles. The quantitative estimate of drug-likeness (QED) is 0.648. The van der Waals surface area contributed by atoms with Crippen molar-refractivity contribution in [3.8, 4) is 6.07 Å². The topological polar surface area (TPSA) is 65.4 Å². The predicted molar refractivity (Wildman–Crippen MR) is 48.4 cm³/mol. The number of nitrogens with one attached hydrogen (secondary N) is 1. The zero-order valence-electron chi connectivity index (χ0n) is 6.80. The fourth-order valence-corrected chi connectivity index (χ4v) is 1.38. The second-order valence-electron chi connectivity index (χ2n) is 2.62. The van der Waals surface area contributed by atoms with Gasteiger partial charge in [-0.2, -0.15) is 5.26 Å². The first kappa shape index (κ1) is 8.02. The molecular formula is C8H5ClN4. The van der Waals surface area contributed by atoms with Crippen LogP contribution in [0.25, 0.3) is 11.0 Å². The lowest BCUT2D eigenvalue weighted by Gasteiger charge is -1.91. The summed E-state index contributed by atoms with van der Waals surface area (Å²) in [5, 5.41) is 9.04. The minimum Gasteiger partial charge on any atom is -0.342 e. The summed E-state index contributed by atoms with van der Waals surface area (Å²) < 4.78 is 0. The van der Waals surface area contributed by atoms with E-state index < -0.39 is 0 Å². The Morgan fingerprint density at radius 3 is 3.00 bits per heavy atom. The average molecular weight is 193 g/mol. The van der Waals surface area contributed by atoms with Gasteiger partial charge in [-0.15, -0.1) is 0 Å². The molecule has 0 spiro atoms. The van der Waals surface area contributed by atoms with E-state index in [2.05, 4.69) is 15.0 Å². The minimum absolute atomic E-state index is 0.256. The average Bonchev–Trinajstić information content (AvgIpc) is 2.43. The van der Waals surface area contributed by atoms with Crippen molar-refractivity contribution in [2.75, 3.05) is 0 Å².